The van der Waals surface area contributed by atoms with Gasteiger partial charge in [-0.05, 0) is 63.1 Å². The first-order valence-corrected chi connectivity index (χ1v) is 12.4. The molecule has 2 nitrogen and oxygen atoms in total. The summed E-state index contributed by atoms with van der Waals surface area (Å²) in [5.41, 5.74) is 2.54. The lowest BCUT2D eigenvalue weighted by atomic mass is 10.0. The van der Waals surface area contributed by atoms with Crippen molar-refractivity contribution in [2.45, 2.75) is 70.8 Å². The summed E-state index contributed by atoms with van der Waals surface area (Å²) in [5, 5.41) is 0. The van der Waals surface area contributed by atoms with Crippen LogP contribution in [0.3, 0.4) is 0 Å². The molecule has 1 heterocycles. The molecule has 3 rings (SSSR count). The quantitative estimate of drug-likeness (QED) is 0.794. The molecule has 0 amide bonds. The van der Waals surface area contributed by atoms with Crippen molar-refractivity contribution >= 4 is 13.9 Å². The average molecular weight is 331 g/mol. The fraction of sp³-hybridized carbons (Fsp3) is 0.700. The van der Waals surface area contributed by atoms with Crippen LogP contribution in [0, 0.1) is 11.8 Å². The van der Waals surface area contributed by atoms with E-state index >= 15 is 0 Å². The molecular weight excluding hydrogens is 296 g/mol. The number of fused-ring (bicyclic) bond motifs is 1. The molecule has 2 aliphatic rings. The van der Waals surface area contributed by atoms with Gasteiger partial charge in [-0.2, -0.15) is 0 Å². The maximum absolute atomic E-state index is 4.06. The van der Waals surface area contributed by atoms with Crippen molar-refractivity contribution < 1.29 is 0 Å². The van der Waals surface area contributed by atoms with Gasteiger partial charge in [0.2, 0.25) is 0 Å². The van der Waals surface area contributed by atoms with Gasteiger partial charge in [0.05, 0.1) is 0 Å². The van der Waals surface area contributed by atoms with E-state index in [0.717, 1.165) is 23.4 Å². The van der Waals surface area contributed by atoms with Gasteiger partial charge in [0, 0.05) is 23.8 Å². The Hall–Kier alpha value is -0.803. The smallest absolute Gasteiger partial charge is 0.123 e. The van der Waals surface area contributed by atoms with Crippen molar-refractivity contribution in [3.8, 4) is 0 Å². The van der Waals surface area contributed by atoms with Gasteiger partial charge in [0.15, 0.2) is 0 Å². The molecule has 23 heavy (non-hydrogen) atoms. The van der Waals surface area contributed by atoms with Crippen LogP contribution in [0.25, 0.3) is 0 Å². The molecule has 1 aromatic rings. The van der Waals surface area contributed by atoms with Crippen LogP contribution in [0.2, 0.25) is 18.6 Å². The third kappa shape index (κ3) is 3.36. The van der Waals surface area contributed by atoms with Crippen molar-refractivity contribution in [2.24, 2.45) is 11.8 Å². The van der Waals surface area contributed by atoms with Gasteiger partial charge in [0.25, 0.3) is 0 Å². The molecule has 2 fully saturated rings. The predicted molar refractivity (Wildman–Crippen MR) is 104 cm³/mol. The fourth-order valence-electron chi connectivity index (χ4n) is 5.78. The van der Waals surface area contributed by atoms with Gasteiger partial charge >= 0.3 is 0 Å². The zero-order chi connectivity index (χ0) is 16.8. The van der Waals surface area contributed by atoms with E-state index < -0.39 is 8.24 Å². The number of nitrogens with one attached hydrogen (secondary N) is 1. The summed E-state index contributed by atoms with van der Waals surface area (Å²) in [7, 11) is -1.46. The Balaban J connectivity index is 1.81. The third-order valence-electron chi connectivity index (χ3n) is 5.90. The van der Waals surface area contributed by atoms with E-state index in [9.17, 15) is 0 Å². The number of nitrogens with zero attached hydrogens (tertiary/aromatic N) is 1. The fourth-order valence-corrected chi connectivity index (χ4v) is 10.9. The summed E-state index contributed by atoms with van der Waals surface area (Å²) in [6, 6.07) is 11.8. The largest absolute Gasteiger partial charge is 0.368 e. The molecule has 4 unspecified atom stereocenters. The maximum Gasteiger partial charge on any atom is 0.123 e. The van der Waals surface area contributed by atoms with E-state index in [1.807, 2.05) is 0 Å². The lowest BCUT2D eigenvalue weighted by Crippen LogP contribution is -2.58. The zero-order valence-corrected chi connectivity index (χ0v) is 16.8. The first-order valence-electron chi connectivity index (χ1n) is 9.30. The van der Waals surface area contributed by atoms with Gasteiger partial charge < -0.3 is 9.88 Å². The van der Waals surface area contributed by atoms with Crippen LogP contribution in [0.5, 0.6) is 0 Å². The molecule has 1 aliphatic carbocycles. The van der Waals surface area contributed by atoms with E-state index in [0.29, 0.717) is 0 Å². The van der Waals surface area contributed by atoms with Crippen molar-refractivity contribution in [3.05, 3.63) is 30.3 Å². The first kappa shape index (κ1) is 17.0. The molecule has 128 valence electrons. The first-order chi connectivity index (χ1) is 10.7. The van der Waals surface area contributed by atoms with Crippen LogP contribution < -0.4 is 9.88 Å². The SMILES string of the molecule is CC1CC2C(CCN2c2ccccc2)C1[Si](C)(C)NC(C)(C)C. The summed E-state index contributed by atoms with van der Waals surface area (Å²) < 4.78 is 0. The average Bonchev–Trinajstić information content (AvgIpc) is 2.94. The number of hydrogen-bond donors (Lipinski definition) is 1. The Labute approximate surface area is 143 Å². The zero-order valence-electron chi connectivity index (χ0n) is 15.8. The van der Waals surface area contributed by atoms with Gasteiger partial charge in [-0.3, -0.25) is 0 Å². The molecule has 1 saturated heterocycles. The maximum atomic E-state index is 4.06. The molecule has 0 aromatic heterocycles. The number of para-hydroxylation sites is 1. The minimum atomic E-state index is -1.46. The lowest BCUT2D eigenvalue weighted by molar-refractivity contribution is 0.456. The minimum absolute atomic E-state index is 0.227. The standard InChI is InChI=1S/C20H34N2Si/c1-15-14-18-17(19(15)23(5,6)21-20(2,3)4)12-13-22(18)16-10-8-7-9-11-16/h7-11,15,17-19,21H,12-14H2,1-6H3. The Bertz CT molecular complexity index is 534. The van der Waals surface area contributed by atoms with Crippen molar-refractivity contribution in [1.29, 1.82) is 0 Å². The van der Waals surface area contributed by atoms with Crippen LogP contribution in [-0.2, 0) is 0 Å². The van der Waals surface area contributed by atoms with Crippen LogP contribution in [-0.4, -0.2) is 26.4 Å². The normalized spacial score (nSPS) is 31.5. The van der Waals surface area contributed by atoms with Crippen molar-refractivity contribution in [1.82, 2.24) is 4.98 Å². The van der Waals surface area contributed by atoms with Crippen LogP contribution in [0.4, 0.5) is 5.69 Å². The van der Waals surface area contributed by atoms with Crippen molar-refractivity contribution in [3.63, 3.8) is 0 Å². The number of hydrogen-bond acceptors (Lipinski definition) is 2. The molecule has 0 radical (unpaired) electrons. The highest BCUT2D eigenvalue weighted by Gasteiger charge is 2.53. The summed E-state index contributed by atoms with van der Waals surface area (Å²) in [6.07, 6.45) is 2.74. The second-order valence-electron chi connectivity index (χ2n) is 9.38. The van der Waals surface area contributed by atoms with Crippen LogP contribution >= 0.6 is 0 Å². The highest BCUT2D eigenvalue weighted by atomic mass is 28.3. The van der Waals surface area contributed by atoms with Crippen LogP contribution in [0.15, 0.2) is 30.3 Å². The van der Waals surface area contributed by atoms with Gasteiger partial charge in [-0.15, -0.1) is 0 Å². The molecule has 1 N–H and O–H groups in total. The predicted octanol–water partition coefficient (Wildman–Crippen LogP) is 4.88. The molecule has 0 bridgehead atoms. The summed E-state index contributed by atoms with van der Waals surface area (Å²) in [6.45, 7) is 15.8. The topological polar surface area (TPSA) is 15.3 Å². The second kappa shape index (κ2) is 5.93. The van der Waals surface area contributed by atoms with Gasteiger partial charge in [0.1, 0.15) is 8.24 Å². The van der Waals surface area contributed by atoms with E-state index in [2.05, 4.69) is 81.0 Å². The number of anilines is 1. The molecule has 1 saturated carbocycles. The number of benzene rings is 1. The van der Waals surface area contributed by atoms with E-state index in [1.54, 1.807) is 0 Å². The molecule has 0 spiro atoms. The van der Waals surface area contributed by atoms with Gasteiger partial charge in [-0.25, -0.2) is 0 Å². The van der Waals surface area contributed by atoms with E-state index in [-0.39, 0.29) is 5.54 Å². The molecule has 1 aromatic carbocycles. The summed E-state index contributed by atoms with van der Waals surface area (Å²) in [5.74, 6) is 1.72. The van der Waals surface area contributed by atoms with E-state index in [4.69, 9.17) is 0 Å². The van der Waals surface area contributed by atoms with Gasteiger partial charge in [-0.1, -0.05) is 38.2 Å². The Kier molecular flexibility index (Phi) is 4.39. The molecular formula is C20H34N2Si. The molecule has 4 atom stereocenters. The third-order valence-corrected chi connectivity index (χ3v) is 9.96. The Morgan fingerprint density at radius 3 is 2.39 bits per heavy atom. The monoisotopic (exact) mass is 330 g/mol. The van der Waals surface area contributed by atoms with Crippen LogP contribution in [0.1, 0.15) is 40.5 Å². The number of rotatable bonds is 3. The summed E-state index contributed by atoms with van der Waals surface area (Å²) in [4.78, 5) is 6.75. The summed E-state index contributed by atoms with van der Waals surface area (Å²) >= 11 is 0. The Morgan fingerprint density at radius 2 is 1.78 bits per heavy atom. The Morgan fingerprint density at radius 1 is 1.13 bits per heavy atom. The van der Waals surface area contributed by atoms with Crippen molar-refractivity contribution in [2.75, 3.05) is 11.4 Å². The molecule has 3 heteroatoms. The second-order valence-corrected chi connectivity index (χ2v) is 13.7. The van der Waals surface area contributed by atoms with E-state index in [1.165, 1.54) is 25.1 Å². The lowest BCUT2D eigenvalue weighted by Gasteiger charge is -2.41. The highest BCUT2D eigenvalue weighted by molar-refractivity contribution is 6.76. The minimum Gasteiger partial charge on any atom is -0.368 e. The molecule has 1 aliphatic heterocycles. The highest BCUT2D eigenvalue weighted by Crippen LogP contribution is 2.53.